The van der Waals surface area contributed by atoms with E-state index in [4.69, 9.17) is 11.6 Å². The summed E-state index contributed by atoms with van der Waals surface area (Å²) in [6.07, 6.45) is -7.53. The fourth-order valence-electron chi connectivity index (χ4n) is 0.989. The highest BCUT2D eigenvalue weighted by Crippen LogP contribution is 2.37. The molecule has 0 atom stereocenters. The van der Waals surface area contributed by atoms with Gasteiger partial charge in [0, 0.05) is 6.20 Å². The minimum atomic E-state index is -5.05. The van der Waals surface area contributed by atoms with Gasteiger partial charge in [0.25, 0.3) is 6.43 Å². The summed E-state index contributed by atoms with van der Waals surface area (Å²) in [5.41, 5.74) is -0.864. The Morgan fingerprint density at radius 1 is 1.41 bits per heavy atom. The Labute approximate surface area is 111 Å². The van der Waals surface area contributed by atoms with Crippen LogP contribution < -0.4 is 4.74 Å². The van der Waals surface area contributed by atoms with Gasteiger partial charge in [0.15, 0.2) is 5.75 Å². The second kappa shape index (κ2) is 5.51. The Hall–Kier alpha value is -0.380. The van der Waals surface area contributed by atoms with Crippen LogP contribution in [0.5, 0.6) is 5.75 Å². The molecule has 0 N–H and O–H groups in total. The van der Waals surface area contributed by atoms with E-state index in [0.717, 1.165) is 0 Å². The average molecular weight is 387 g/mol. The minimum absolute atomic E-state index is 0.0518. The summed E-state index contributed by atoms with van der Waals surface area (Å²) in [6, 6.07) is 0. The second-order valence-electron chi connectivity index (χ2n) is 2.79. The standard InChI is InChI=1S/C8H4ClF5INO/c9-1-4-5(15)6(17-8(12,13)14)3(2-16-4)7(10)11/h2,7H,1H2. The van der Waals surface area contributed by atoms with Crippen LogP contribution in [0, 0.1) is 3.57 Å². The van der Waals surface area contributed by atoms with Crippen LogP contribution in [0.15, 0.2) is 6.20 Å². The molecule has 0 radical (unpaired) electrons. The molecule has 1 aromatic rings. The van der Waals surface area contributed by atoms with E-state index < -0.39 is 24.1 Å². The zero-order valence-corrected chi connectivity index (χ0v) is 10.8. The molecule has 0 saturated heterocycles. The molecule has 0 unspecified atom stereocenters. The topological polar surface area (TPSA) is 22.1 Å². The SMILES string of the molecule is FC(F)c1cnc(CCl)c(I)c1OC(F)(F)F. The first-order valence-electron chi connectivity index (χ1n) is 4.03. The highest BCUT2D eigenvalue weighted by molar-refractivity contribution is 14.1. The van der Waals surface area contributed by atoms with Gasteiger partial charge in [0.1, 0.15) is 0 Å². The van der Waals surface area contributed by atoms with Crippen LogP contribution >= 0.6 is 34.2 Å². The number of nitrogens with zero attached hydrogens (tertiary/aromatic N) is 1. The predicted octanol–water partition coefficient (Wildman–Crippen LogP) is 4.26. The predicted molar refractivity (Wildman–Crippen MR) is 58.2 cm³/mol. The van der Waals surface area contributed by atoms with Gasteiger partial charge in [-0.3, -0.25) is 4.98 Å². The molecule has 9 heteroatoms. The van der Waals surface area contributed by atoms with E-state index in [9.17, 15) is 22.0 Å². The molecule has 1 rings (SSSR count). The molecule has 0 fully saturated rings. The lowest BCUT2D eigenvalue weighted by Gasteiger charge is -2.15. The molecule has 2 nitrogen and oxygen atoms in total. The molecule has 0 saturated carbocycles. The van der Waals surface area contributed by atoms with Gasteiger partial charge in [-0.1, -0.05) is 0 Å². The number of halogens is 7. The maximum Gasteiger partial charge on any atom is 0.573 e. The summed E-state index contributed by atoms with van der Waals surface area (Å²) in [6.45, 7) is 0. The Kier molecular flexibility index (Phi) is 4.76. The van der Waals surface area contributed by atoms with Crippen LogP contribution in [0.4, 0.5) is 22.0 Å². The Bertz CT molecular complexity index is 412. The highest BCUT2D eigenvalue weighted by Gasteiger charge is 2.35. The smallest absolute Gasteiger partial charge is 0.404 e. The lowest BCUT2D eigenvalue weighted by atomic mass is 10.2. The quantitative estimate of drug-likeness (QED) is 0.439. The number of alkyl halides is 6. The van der Waals surface area contributed by atoms with Crippen LogP contribution in [0.25, 0.3) is 0 Å². The maximum absolute atomic E-state index is 12.5. The molecule has 0 aliphatic carbocycles. The van der Waals surface area contributed by atoms with E-state index in [2.05, 4.69) is 9.72 Å². The third-order valence-electron chi connectivity index (χ3n) is 1.65. The van der Waals surface area contributed by atoms with Crippen LogP contribution in [0.3, 0.4) is 0 Å². The molecule has 0 aliphatic heterocycles. The van der Waals surface area contributed by atoms with Gasteiger partial charge in [0.2, 0.25) is 0 Å². The highest BCUT2D eigenvalue weighted by atomic mass is 127. The lowest BCUT2D eigenvalue weighted by Crippen LogP contribution is -2.19. The van der Waals surface area contributed by atoms with E-state index in [-0.39, 0.29) is 15.1 Å². The Morgan fingerprint density at radius 2 is 2.00 bits per heavy atom. The minimum Gasteiger partial charge on any atom is -0.404 e. The van der Waals surface area contributed by atoms with Crippen LogP contribution in [-0.2, 0) is 5.88 Å². The average Bonchev–Trinajstić information content (AvgIpc) is 2.18. The number of hydrogen-bond acceptors (Lipinski definition) is 2. The van der Waals surface area contributed by atoms with Gasteiger partial charge in [-0.2, -0.15) is 0 Å². The third-order valence-corrected chi connectivity index (χ3v) is 3.02. The number of hydrogen-bond donors (Lipinski definition) is 0. The first-order chi connectivity index (χ1) is 7.76. The van der Waals surface area contributed by atoms with E-state index in [1.807, 2.05) is 0 Å². The molecule has 96 valence electrons. The molecular formula is C8H4ClF5INO. The normalized spacial score (nSPS) is 12.0. The Morgan fingerprint density at radius 3 is 2.41 bits per heavy atom. The van der Waals surface area contributed by atoms with Crippen LogP contribution in [0.2, 0.25) is 0 Å². The van der Waals surface area contributed by atoms with E-state index in [1.54, 1.807) is 0 Å². The molecule has 1 aromatic heterocycles. The van der Waals surface area contributed by atoms with Crippen molar-refractivity contribution in [1.29, 1.82) is 0 Å². The number of rotatable bonds is 3. The molecule has 0 aliphatic rings. The lowest BCUT2D eigenvalue weighted by molar-refractivity contribution is -0.275. The van der Waals surface area contributed by atoms with Gasteiger partial charge in [-0.25, -0.2) is 8.78 Å². The summed E-state index contributed by atoms with van der Waals surface area (Å²) >= 11 is 6.85. The first-order valence-corrected chi connectivity index (χ1v) is 5.64. The van der Waals surface area contributed by atoms with E-state index in [1.165, 1.54) is 22.6 Å². The van der Waals surface area contributed by atoms with Crippen molar-refractivity contribution in [3.8, 4) is 5.75 Å². The number of ether oxygens (including phenoxy) is 1. The summed E-state index contributed by atoms with van der Waals surface area (Å²) in [7, 11) is 0. The molecule has 0 bridgehead atoms. The van der Waals surface area contributed by atoms with Crippen molar-refractivity contribution in [2.45, 2.75) is 18.7 Å². The summed E-state index contributed by atoms with van der Waals surface area (Å²) in [4.78, 5) is 3.54. The second-order valence-corrected chi connectivity index (χ2v) is 4.13. The number of pyridine rings is 1. The molecule has 17 heavy (non-hydrogen) atoms. The summed E-state index contributed by atoms with van der Waals surface area (Å²) in [5.74, 6) is -1.14. The zero-order chi connectivity index (χ0) is 13.2. The van der Waals surface area contributed by atoms with E-state index in [0.29, 0.717) is 6.20 Å². The van der Waals surface area contributed by atoms with Crippen LogP contribution in [0.1, 0.15) is 17.7 Å². The molecular weight excluding hydrogens is 383 g/mol. The monoisotopic (exact) mass is 387 g/mol. The van der Waals surface area contributed by atoms with E-state index >= 15 is 0 Å². The Balaban J connectivity index is 3.30. The van der Waals surface area contributed by atoms with Crippen molar-refractivity contribution in [3.63, 3.8) is 0 Å². The first kappa shape index (κ1) is 14.7. The number of aromatic nitrogens is 1. The van der Waals surface area contributed by atoms with Crippen molar-refractivity contribution >= 4 is 34.2 Å². The molecule has 0 aromatic carbocycles. The molecule has 0 spiro atoms. The molecule has 0 amide bonds. The largest absolute Gasteiger partial charge is 0.573 e. The van der Waals surface area contributed by atoms with Gasteiger partial charge in [0.05, 0.1) is 20.7 Å². The van der Waals surface area contributed by atoms with Crippen molar-refractivity contribution < 1.29 is 26.7 Å². The fraction of sp³-hybridized carbons (Fsp3) is 0.375. The molecule has 1 heterocycles. The van der Waals surface area contributed by atoms with Crippen LogP contribution in [-0.4, -0.2) is 11.3 Å². The van der Waals surface area contributed by atoms with Gasteiger partial charge < -0.3 is 4.74 Å². The van der Waals surface area contributed by atoms with Gasteiger partial charge in [-0.15, -0.1) is 24.8 Å². The maximum atomic E-state index is 12.5. The zero-order valence-electron chi connectivity index (χ0n) is 7.86. The summed E-state index contributed by atoms with van der Waals surface area (Å²) in [5, 5.41) is 0. The third kappa shape index (κ3) is 3.80. The van der Waals surface area contributed by atoms with Gasteiger partial charge in [-0.05, 0) is 22.6 Å². The van der Waals surface area contributed by atoms with Crippen molar-refractivity contribution in [1.82, 2.24) is 4.98 Å². The van der Waals surface area contributed by atoms with Gasteiger partial charge >= 0.3 is 6.36 Å². The summed E-state index contributed by atoms with van der Waals surface area (Å²) < 4.78 is 64.6. The van der Waals surface area contributed by atoms with Crippen molar-refractivity contribution in [3.05, 3.63) is 21.0 Å². The van der Waals surface area contributed by atoms with Crippen molar-refractivity contribution in [2.24, 2.45) is 0 Å². The fourth-order valence-corrected chi connectivity index (χ4v) is 2.17. The van der Waals surface area contributed by atoms with Crippen molar-refractivity contribution in [2.75, 3.05) is 0 Å².